The van der Waals surface area contributed by atoms with Crippen LogP contribution in [0.3, 0.4) is 0 Å². The lowest BCUT2D eigenvalue weighted by molar-refractivity contribution is 0.0699. The molecule has 1 heterocycles. The number of nitrogens with zero attached hydrogens (tertiary/aromatic N) is 1. The Balaban J connectivity index is 2.29. The van der Waals surface area contributed by atoms with E-state index in [1.54, 1.807) is 13.2 Å². The molecule has 0 aliphatic carbocycles. The summed E-state index contributed by atoms with van der Waals surface area (Å²) in [5, 5.41) is 10.3. The number of methoxy groups -OCH3 is 1. The van der Waals surface area contributed by atoms with Crippen molar-refractivity contribution < 1.29 is 14.6 Å². The van der Waals surface area contributed by atoms with Crippen LogP contribution in [-0.4, -0.2) is 23.2 Å². The Morgan fingerprint density at radius 1 is 1.12 bits per heavy atom. The van der Waals surface area contributed by atoms with Crippen molar-refractivity contribution in [2.45, 2.75) is 19.8 Å². The van der Waals surface area contributed by atoms with Gasteiger partial charge < -0.3 is 9.84 Å². The molecule has 3 rings (SSSR count). The average Bonchev–Trinajstić information content (AvgIpc) is 2.59. The van der Waals surface area contributed by atoms with Crippen LogP contribution in [0, 0.1) is 0 Å². The monoisotopic (exact) mass is 321 g/mol. The fraction of sp³-hybridized carbons (Fsp3) is 0.200. The minimum Gasteiger partial charge on any atom is -0.496 e. The minimum absolute atomic E-state index is 0.253. The van der Waals surface area contributed by atoms with E-state index in [-0.39, 0.29) is 5.56 Å². The van der Waals surface area contributed by atoms with E-state index in [4.69, 9.17) is 4.74 Å². The van der Waals surface area contributed by atoms with Crippen LogP contribution in [0.5, 0.6) is 5.75 Å². The van der Waals surface area contributed by atoms with Crippen molar-refractivity contribution in [1.82, 2.24) is 4.98 Å². The maximum Gasteiger partial charge on any atom is 0.336 e. The molecule has 24 heavy (non-hydrogen) atoms. The molecular formula is C20H19NO3. The normalized spacial score (nSPS) is 11.0. The zero-order valence-electron chi connectivity index (χ0n) is 13.9. The molecule has 0 aliphatic rings. The summed E-state index contributed by atoms with van der Waals surface area (Å²) >= 11 is 0. The number of pyridine rings is 1. The van der Waals surface area contributed by atoms with Gasteiger partial charge in [-0.3, -0.25) is 0 Å². The molecule has 4 heteroatoms. The van der Waals surface area contributed by atoms with E-state index in [0.29, 0.717) is 28.3 Å². The number of ether oxygens (including phenoxy) is 1. The van der Waals surface area contributed by atoms with Gasteiger partial charge >= 0.3 is 5.97 Å². The van der Waals surface area contributed by atoms with E-state index < -0.39 is 5.97 Å². The third-order valence-electron chi connectivity index (χ3n) is 4.11. The number of hydrogen-bond acceptors (Lipinski definition) is 3. The molecule has 4 nitrogen and oxygen atoms in total. The Kier molecular flexibility index (Phi) is 4.21. The maximum absolute atomic E-state index is 11.8. The molecule has 0 unspecified atom stereocenters. The first-order valence-electron chi connectivity index (χ1n) is 7.82. The summed E-state index contributed by atoms with van der Waals surface area (Å²) in [6, 6.07) is 14.9. The van der Waals surface area contributed by atoms with E-state index >= 15 is 0 Å². The highest BCUT2D eigenvalue weighted by Gasteiger charge is 2.16. The van der Waals surface area contributed by atoms with Crippen LogP contribution in [0.25, 0.3) is 22.2 Å². The van der Waals surface area contributed by atoms with Gasteiger partial charge in [0.1, 0.15) is 5.75 Å². The Bertz CT molecular complexity index is 916. The Labute approximate surface area is 140 Å². The zero-order valence-corrected chi connectivity index (χ0v) is 13.9. The highest BCUT2D eigenvalue weighted by atomic mass is 16.5. The van der Waals surface area contributed by atoms with E-state index in [2.05, 4.69) is 18.8 Å². The lowest BCUT2D eigenvalue weighted by atomic mass is 9.97. The van der Waals surface area contributed by atoms with Crippen LogP contribution >= 0.6 is 0 Å². The summed E-state index contributed by atoms with van der Waals surface area (Å²) in [7, 11) is 1.59. The summed E-state index contributed by atoms with van der Waals surface area (Å²) in [4.78, 5) is 16.4. The summed E-state index contributed by atoms with van der Waals surface area (Å²) in [5.74, 6) is 0.0314. The topological polar surface area (TPSA) is 59.4 Å². The van der Waals surface area contributed by atoms with Gasteiger partial charge in [-0.15, -0.1) is 0 Å². The summed E-state index contributed by atoms with van der Waals surface area (Å²) < 4.78 is 5.38. The van der Waals surface area contributed by atoms with Gasteiger partial charge in [0.15, 0.2) is 0 Å². The van der Waals surface area contributed by atoms with Crippen LogP contribution in [0.15, 0.2) is 48.5 Å². The number of fused-ring (bicyclic) bond motifs is 1. The number of benzene rings is 2. The van der Waals surface area contributed by atoms with Gasteiger partial charge in [-0.25, -0.2) is 9.78 Å². The molecule has 0 saturated carbocycles. The standard InChI is InChI=1S/C20H19NO3/c1-12(2)13-8-9-17-15(10-13)16(20(22)23)11-18(21-17)14-6-4-5-7-19(14)24-3/h4-12H,1-3H3,(H,22,23). The van der Waals surface area contributed by atoms with Gasteiger partial charge in [-0.05, 0) is 41.8 Å². The van der Waals surface area contributed by atoms with Gasteiger partial charge in [0.2, 0.25) is 0 Å². The van der Waals surface area contributed by atoms with E-state index in [1.807, 2.05) is 42.5 Å². The molecule has 3 aromatic rings. The quantitative estimate of drug-likeness (QED) is 0.754. The summed E-state index contributed by atoms with van der Waals surface area (Å²) in [5.41, 5.74) is 3.38. The van der Waals surface area contributed by atoms with E-state index in [1.165, 1.54) is 0 Å². The maximum atomic E-state index is 11.8. The zero-order chi connectivity index (χ0) is 17.3. The van der Waals surface area contributed by atoms with Crippen molar-refractivity contribution in [2.75, 3.05) is 7.11 Å². The Morgan fingerprint density at radius 2 is 1.88 bits per heavy atom. The highest BCUT2D eigenvalue weighted by Crippen LogP contribution is 2.32. The predicted molar refractivity (Wildman–Crippen MR) is 94.8 cm³/mol. The second kappa shape index (κ2) is 6.32. The van der Waals surface area contributed by atoms with Crippen molar-refractivity contribution in [3.63, 3.8) is 0 Å². The molecule has 0 fully saturated rings. The SMILES string of the molecule is COc1ccccc1-c1cc(C(=O)O)c2cc(C(C)C)ccc2n1. The average molecular weight is 321 g/mol. The molecule has 1 N–H and O–H groups in total. The van der Waals surface area contributed by atoms with Gasteiger partial charge in [0, 0.05) is 10.9 Å². The first kappa shape index (κ1) is 16.0. The van der Waals surface area contributed by atoms with E-state index in [9.17, 15) is 9.90 Å². The third kappa shape index (κ3) is 2.83. The molecule has 0 atom stereocenters. The van der Waals surface area contributed by atoms with Crippen molar-refractivity contribution in [3.05, 3.63) is 59.7 Å². The van der Waals surface area contributed by atoms with Gasteiger partial charge in [0.25, 0.3) is 0 Å². The molecular weight excluding hydrogens is 302 g/mol. The molecule has 2 aromatic carbocycles. The number of aromatic carboxylic acids is 1. The fourth-order valence-corrected chi connectivity index (χ4v) is 2.77. The van der Waals surface area contributed by atoms with Crippen LogP contribution in [-0.2, 0) is 0 Å². The molecule has 0 radical (unpaired) electrons. The third-order valence-corrected chi connectivity index (χ3v) is 4.11. The van der Waals surface area contributed by atoms with Gasteiger partial charge in [0.05, 0.1) is 23.9 Å². The van der Waals surface area contributed by atoms with Crippen molar-refractivity contribution >= 4 is 16.9 Å². The van der Waals surface area contributed by atoms with Crippen LogP contribution in [0.4, 0.5) is 0 Å². The Hall–Kier alpha value is -2.88. The molecule has 122 valence electrons. The molecule has 0 aliphatic heterocycles. The number of aromatic nitrogens is 1. The second-order valence-electron chi connectivity index (χ2n) is 5.99. The predicted octanol–water partition coefficient (Wildman–Crippen LogP) is 4.73. The second-order valence-corrected chi connectivity index (χ2v) is 5.99. The smallest absolute Gasteiger partial charge is 0.336 e. The first-order chi connectivity index (χ1) is 11.5. The molecule has 0 spiro atoms. The van der Waals surface area contributed by atoms with Crippen molar-refractivity contribution in [3.8, 4) is 17.0 Å². The number of carbonyl (C=O) groups is 1. The molecule has 0 saturated heterocycles. The van der Waals surface area contributed by atoms with Gasteiger partial charge in [-0.1, -0.05) is 32.0 Å². The lowest BCUT2D eigenvalue weighted by Gasteiger charge is -2.12. The lowest BCUT2D eigenvalue weighted by Crippen LogP contribution is -2.02. The number of para-hydroxylation sites is 1. The summed E-state index contributed by atoms with van der Waals surface area (Å²) in [6.07, 6.45) is 0. The van der Waals surface area contributed by atoms with Crippen molar-refractivity contribution in [1.29, 1.82) is 0 Å². The number of hydrogen-bond donors (Lipinski definition) is 1. The minimum atomic E-state index is -0.959. The Morgan fingerprint density at radius 3 is 2.54 bits per heavy atom. The van der Waals surface area contributed by atoms with Crippen LogP contribution < -0.4 is 4.74 Å². The van der Waals surface area contributed by atoms with E-state index in [0.717, 1.165) is 11.1 Å². The highest BCUT2D eigenvalue weighted by molar-refractivity contribution is 6.04. The fourth-order valence-electron chi connectivity index (χ4n) is 2.77. The number of carboxylic acid groups (broad SMARTS) is 1. The van der Waals surface area contributed by atoms with Gasteiger partial charge in [-0.2, -0.15) is 0 Å². The molecule has 1 aromatic heterocycles. The molecule has 0 bridgehead atoms. The first-order valence-corrected chi connectivity index (χ1v) is 7.82. The number of carboxylic acids is 1. The number of rotatable bonds is 4. The largest absolute Gasteiger partial charge is 0.496 e. The van der Waals surface area contributed by atoms with Crippen molar-refractivity contribution in [2.24, 2.45) is 0 Å². The van der Waals surface area contributed by atoms with Crippen LogP contribution in [0.2, 0.25) is 0 Å². The summed E-state index contributed by atoms with van der Waals surface area (Å²) in [6.45, 7) is 4.16. The molecule has 0 amide bonds. The van der Waals surface area contributed by atoms with Crippen LogP contribution in [0.1, 0.15) is 35.7 Å².